The number of nitrogens with zero attached hydrogens (tertiary/aromatic N) is 2. The molecule has 1 aliphatic heterocycles. The average Bonchev–Trinajstić information content (AvgIpc) is 2.82. The normalized spacial score (nSPS) is 18.6. The predicted octanol–water partition coefficient (Wildman–Crippen LogP) is 1.72. The van der Waals surface area contributed by atoms with Gasteiger partial charge >= 0.3 is 0 Å². The van der Waals surface area contributed by atoms with E-state index in [-0.39, 0.29) is 12.4 Å². The molecule has 4 N–H and O–H groups in total. The van der Waals surface area contributed by atoms with Crippen molar-refractivity contribution in [3.8, 4) is 0 Å². The number of aliphatic hydroxyl groups excluding tert-OH is 1. The molecular formula is C15H24N4O. The van der Waals surface area contributed by atoms with Crippen LogP contribution in [0, 0.1) is 19.3 Å². The van der Waals surface area contributed by atoms with Crippen LogP contribution in [-0.2, 0) is 0 Å². The summed E-state index contributed by atoms with van der Waals surface area (Å²) in [7, 11) is 0. The molecule has 5 heteroatoms. The number of nitrogen functional groups attached to an aromatic ring is 1. The molecule has 1 aromatic rings. The molecule has 20 heavy (non-hydrogen) atoms. The van der Waals surface area contributed by atoms with Gasteiger partial charge in [0.15, 0.2) is 0 Å². The van der Waals surface area contributed by atoms with E-state index < -0.39 is 0 Å². The van der Waals surface area contributed by atoms with Crippen molar-refractivity contribution in [3.63, 3.8) is 0 Å². The van der Waals surface area contributed by atoms with Crippen LogP contribution in [0.5, 0.6) is 0 Å². The Kier molecular flexibility index (Phi) is 4.60. The number of hydrogen-bond acceptors (Lipinski definition) is 4. The third-order valence-electron chi connectivity index (χ3n) is 3.94. The minimum atomic E-state index is 0.0813. The molecule has 0 saturated carbocycles. The second-order valence-electron chi connectivity index (χ2n) is 5.55. The van der Waals surface area contributed by atoms with E-state index in [1.54, 1.807) is 0 Å². The van der Waals surface area contributed by atoms with Gasteiger partial charge in [-0.2, -0.15) is 0 Å². The Hall–Kier alpha value is -1.62. The molecule has 0 bridgehead atoms. The van der Waals surface area contributed by atoms with E-state index in [0.717, 1.165) is 54.9 Å². The first-order valence-corrected chi connectivity index (χ1v) is 7.24. The fraction of sp³-hybridized carbons (Fsp3) is 0.600. The number of aryl methyl sites for hydroxylation is 2. The summed E-state index contributed by atoms with van der Waals surface area (Å²) < 4.78 is 0. The monoisotopic (exact) mass is 276 g/mol. The van der Waals surface area contributed by atoms with Gasteiger partial charge in [-0.15, -0.1) is 0 Å². The fourth-order valence-corrected chi connectivity index (χ4v) is 3.10. The van der Waals surface area contributed by atoms with Gasteiger partial charge in [0.25, 0.3) is 0 Å². The highest BCUT2D eigenvalue weighted by molar-refractivity contribution is 6.01. The maximum Gasteiger partial charge on any atom is 0.140 e. The van der Waals surface area contributed by atoms with Crippen LogP contribution in [0.25, 0.3) is 0 Å². The van der Waals surface area contributed by atoms with Crippen molar-refractivity contribution in [1.82, 2.24) is 4.98 Å². The highest BCUT2D eigenvalue weighted by Gasteiger charge is 2.28. The van der Waals surface area contributed by atoms with Gasteiger partial charge < -0.3 is 15.7 Å². The highest BCUT2D eigenvalue weighted by Crippen LogP contribution is 2.30. The topological polar surface area (TPSA) is 86.2 Å². The Balaban J connectivity index is 2.37. The molecular weight excluding hydrogens is 252 g/mol. The largest absolute Gasteiger partial charge is 0.396 e. The van der Waals surface area contributed by atoms with Crippen LogP contribution >= 0.6 is 0 Å². The summed E-state index contributed by atoms with van der Waals surface area (Å²) in [6.07, 6.45) is 4.01. The Morgan fingerprint density at radius 3 is 2.95 bits per heavy atom. The van der Waals surface area contributed by atoms with Crippen LogP contribution in [0.1, 0.15) is 42.5 Å². The third-order valence-corrected chi connectivity index (χ3v) is 3.94. The summed E-state index contributed by atoms with van der Waals surface area (Å²) in [5.41, 5.74) is 8.47. The van der Waals surface area contributed by atoms with Gasteiger partial charge in [-0.05, 0) is 51.2 Å². The van der Waals surface area contributed by atoms with Crippen LogP contribution in [0.15, 0.2) is 6.07 Å². The van der Waals surface area contributed by atoms with Gasteiger partial charge in [0.2, 0.25) is 0 Å². The predicted molar refractivity (Wildman–Crippen MR) is 81.4 cm³/mol. The lowest BCUT2D eigenvalue weighted by Gasteiger charge is -2.28. The number of anilines is 1. The van der Waals surface area contributed by atoms with Crippen molar-refractivity contribution in [2.24, 2.45) is 5.73 Å². The van der Waals surface area contributed by atoms with E-state index in [1.165, 1.54) is 0 Å². The van der Waals surface area contributed by atoms with E-state index in [2.05, 4.69) is 9.88 Å². The second-order valence-corrected chi connectivity index (χ2v) is 5.55. The van der Waals surface area contributed by atoms with Crippen molar-refractivity contribution in [2.45, 2.75) is 45.6 Å². The van der Waals surface area contributed by atoms with Crippen molar-refractivity contribution in [3.05, 3.63) is 22.9 Å². The highest BCUT2D eigenvalue weighted by atomic mass is 16.2. The molecule has 1 fully saturated rings. The number of amidine groups is 1. The lowest BCUT2D eigenvalue weighted by Crippen LogP contribution is -2.33. The summed E-state index contributed by atoms with van der Waals surface area (Å²) in [6.45, 7) is 5.13. The minimum absolute atomic E-state index is 0.0813. The molecule has 0 aliphatic carbocycles. The summed E-state index contributed by atoms with van der Waals surface area (Å²) in [5.74, 6) is 0.924. The van der Waals surface area contributed by atoms with Gasteiger partial charge in [0.1, 0.15) is 11.7 Å². The first-order chi connectivity index (χ1) is 9.54. The van der Waals surface area contributed by atoms with Crippen LogP contribution in [0.2, 0.25) is 0 Å². The lowest BCUT2D eigenvalue weighted by molar-refractivity contribution is 0.279. The van der Waals surface area contributed by atoms with Crippen LogP contribution in [0.4, 0.5) is 5.82 Å². The summed E-state index contributed by atoms with van der Waals surface area (Å²) >= 11 is 0. The number of aromatic nitrogens is 1. The molecule has 0 amide bonds. The number of hydrogen-bond donors (Lipinski definition) is 3. The molecule has 1 aromatic heterocycles. The van der Waals surface area contributed by atoms with Crippen LogP contribution < -0.4 is 10.6 Å². The molecule has 1 aliphatic rings. The van der Waals surface area contributed by atoms with E-state index in [4.69, 9.17) is 16.2 Å². The number of nitrogens with two attached hydrogens (primary N) is 1. The first-order valence-electron chi connectivity index (χ1n) is 7.24. The molecule has 0 aromatic carbocycles. The zero-order valence-electron chi connectivity index (χ0n) is 12.3. The maximum atomic E-state index is 9.03. The number of aliphatic hydroxyl groups is 1. The molecule has 2 rings (SSSR count). The van der Waals surface area contributed by atoms with Gasteiger partial charge in [-0.3, -0.25) is 5.41 Å². The standard InChI is InChI=1S/C15H24N4O/c1-10-9-11(2)18-15(13(10)14(16)17)19-7-3-5-12(19)6-4-8-20/h9,12,20H,3-8H2,1-2H3,(H3,16,17). The molecule has 0 radical (unpaired) electrons. The zero-order chi connectivity index (χ0) is 14.7. The molecule has 1 saturated heterocycles. The van der Waals surface area contributed by atoms with Gasteiger partial charge in [0.05, 0.1) is 5.56 Å². The van der Waals surface area contributed by atoms with Gasteiger partial charge in [-0.25, -0.2) is 4.98 Å². The molecule has 1 atom stereocenters. The van der Waals surface area contributed by atoms with Gasteiger partial charge in [-0.1, -0.05) is 0 Å². The summed E-state index contributed by atoms with van der Waals surface area (Å²) in [4.78, 5) is 6.91. The minimum Gasteiger partial charge on any atom is -0.396 e. The Morgan fingerprint density at radius 2 is 2.30 bits per heavy atom. The van der Waals surface area contributed by atoms with E-state index in [9.17, 15) is 0 Å². The van der Waals surface area contributed by atoms with E-state index in [0.29, 0.717) is 6.04 Å². The lowest BCUT2D eigenvalue weighted by atomic mass is 10.1. The van der Waals surface area contributed by atoms with Crippen LogP contribution in [0.3, 0.4) is 0 Å². The molecule has 2 heterocycles. The fourth-order valence-electron chi connectivity index (χ4n) is 3.10. The van der Waals surface area contributed by atoms with E-state index in [1.807, 2.05) is 19.9 Å². The smallest absolute Gasteiger partial charge is 0.140 e. The van der Waals surface area contributed by atoms with Gasteiger partial charge in [0, 0.05) is 24.9 Å². The SMILES string of the molecule is Cc1cc(C)c(C(=N)N)c(N2CCCC2CCCO)n1. The number of rotatable bonds is 5. The Labute approximate surface area is 120 Å². The van der Waals surface area contributed by atoms with Crippen LogP contribution in [-0.4, -0.2) is 35.1 Å². The summed E-state index contributed by atoms with van der Waals surface area (Å²) in [6, 6.07) is 2.37. The van der Waals surface area contributed by atoms with Crippen molar-refractivity contribution < 1.29 is 5.11 Å². The van der Waals surface area contributed by atoms with E-state index >= 15 is 0 Å². The second kappa shape index (κ2) is 6.22. The quantitative estimate of drug-likeness (QED) is 0.564. The Bertz CT molecular complexity index is 501. The molecule has 1 unspecified atom stereocenters. The summed E-state index contributed by atoms with van der Waals surface area (Å²) in [5, 5.41) is 16.9. The Morgan fingerprint density at radius 1 is 1.55 bits per heavy atom. The first kappa shape index (κ1) is 14.8. The molecule has 5 nitrogen and oxygen atoms in total. The van der Waals surface area contributed by atoms with Crippen molar-refractivity contribution >= 4 is 11.7 Å². The van der Waals surface area contributed by atoms with Crippen molar-refractivity contribution in [2.75, 3.05) is 18.1 Å². The third kappa shape index (κ3) is 2.93. The molecule has 110 valence electrons. The maximum absolute atomic E-state index is 9.03. The number of pyridine rings is 1. The molecule has 0 spiro atoms. The van der Waals surface area contributed by atoms with Crippen molar-refractivity contribution in [1.29, 1.82) is 5.41 Å². The number of nitrogens with one attached hydrogen (secondary N) is 1. The zero-order valence-corrected chi connectivity index (χ0v) is 12.3. The average molecular weight is 276 g/mol.